The SMILES string of the molecule is CC(C)CCNC(N)=NCC1Cc2ccccc2O1. The van der Waals surface area contributed by atoms with Gasteiger partial charge >= 0.3 is 0 Å². The van der Waals surface area contributed by atoms with E-state index in [2.05, 4.69) is 30.2 Å². The average molecular weight is 261 g/mol. The highest BCUT2D eigenvalue weighted by atomic mass is 16.5. The summed E-state index contributed by atoms with van der Waals surface area (Å²) in [6, 6.07) is 8.13. The summed E-state index contributed by atoms with van der Waals surface area (Å²) in [5.41, 5.74) is 7.08. The topological polar surface area (TPSA) is 59.6 Å². The number of nitrogens with two attached hydrogens (primary N) is 1. The zero-order chi connectivity index (χ0) is 13.7. The number of nitrogens with zero attached hydrogens (tertiary/aromatic N) is 1. The van der Waals surface area contributed by atoms with E-state index in [0.717, 1.165) is 25.1 Å². The van der Waals surface area contributed by atoms with Crippen LogP contribution in [0.2, 0.25) is 0 Å². The molecule has 1 aliphatic heterocycles. The van der Waals surface area contributed by atoms with Crippen molar-refractivity contribution in [2.75, 3.05) is 13.1 Å². The zero-order valence-corrected chi connectivity index (χ0v) is 11.7. The highest BCUT2D eigenvalue weighted by Crippen LogP contribution is 2.27. The molecule has 1 atom stereocenters. The van der Waals surface area contributed by atoms with Gasteiger partial charge in [0.05, 0.1) is 6.54 Å². The Morgan fingerprint density at radius 1 is 1.47 bits per heavy atom. The first-order chi connectivity index (χ1) is 9.15. The maximum Gasteiger partial charge on any atom is 0.188 e. The second-order valence-corrected chi connectivity index (χ2v) is 5.39. The molecule has 1 aromatic rings. The van der Waals surface area contributed by atoms with Crippen molar-refractivity contribution in [1.82, 2.24) is 5.32 Å². The van der Waals surface area contributed by atoms with Crippen LogP contribution in [0, 0.1) is 5.92 Å². The zero-order valence-electron chi connectivity index (χ0n) is 11.7. The fourth-order valence-corrected chi connectivity index (χ4v) is 2.10. The Morgan fingerprint density at radius 3 is 3.00 bits per heavy atom. The molecule has 0 amide bonds. The van der Waals surface area contributed by atoms with Crippen molar-refractivity contribution >= 4 is 5.96 Å². The predicted octanol–water partition coefficient (Wildman–Crippen LogP) is 1.94. The largest absolute Gasteiger partial charge is 0.488 e. The summed E-state index contributed by atoms with van der Waals surface area (Å²) in [6.45, 7) is 5.87. The molecule has 0 bridgehead atoms. The molecule has 0 saturated carbocycles. The maximum atomic E-state index is 5.83. The molecule has 2 rings (SSSR count). The van der Waals surface area contributed by atoms with E-state index in [1.165, 1.54) is 5.56 Å². The van der Waals surface area contributed by atoms with E-state index >= 15 is 0 Å². The lowest BCUT2D eigenvalue weighted by Crippen LogP contribution is -2.34. The van der Waals surface area contributed by atoms with E-state index in [9.17, 15) is 0 Å². The van der Waals surface area contributed by atoms with Crippen LogP contribution in [-0.4, -0.2) is 25.2 Å². The van der Waals surface area contributed by atoms with Crippen LogP contribution in [0.5, 0.6) is 5.75 Å². The molecule has 1 heterocycles. The Labute approximate surface area is 115 Å². The molecule has 1 aliphatic rings. The van der Waals surface area contributed by atoms with Crippen molar-refractivity contribution in [3.05, 3.63) is 29.8 Å². The Kier molecular flexibility index (Phi) is 4.66. The number of hydrogen-bond acceptors (Lipinski definition) is 2. The first kappa shape index (κ1) is 13.7. The number of rotatable bonds is 5. The Hall–Kier alpha value is -1.71. The molecule has 0 saturated heterocycles. The standard InChI is InChI=1S/C15H23N3O/c1-11(2)7-8-17-15(16)18-10-13-9-12-5-3-4-6-14(12)19-13/h3-6,11,13H,7-10H2,1-2H3,(H3,16,17,18). The van der Waals surface area contributed by atoms with Gasteiger partial charge in [-0.05, 0) is 24.0 Å². The van der Waals surface area contributed by atoms with Gasteiger partial charge in [0.25, 0.3) is 0 Å². The van der Waals surface area contributed by atoms with Gasteiger partial charge in [-0.25, -0.2) is 4.99 Å². The van der Waals surface area contributed by atoms with Crippen molar-refractivity contribution in [2.45, 2.75) is 32.8 Å². The molecule has 0 radical (unpaired) electrons. The molecule has 1 unspecified atom stereocenters. The van der Waals surface area contributed by atoms with Crippen LogP contribution < -0.4 is 15.8 Å². The van der Waals surface area contributed by atoms with Gasteiger partial charge in [0.15, 0.2) is 5.96 Å². The molecule has 0 fully saturated rings. The van der Waals surface area contributed by atoms with Gasteiger partial charge in [-0.1, -0.05) is 32.0 Å². The minimum absolute atomic E-state index is 0.114. The number of para-hydroxylation sites is 1. The lowest BCUT2D eigenvalue weighted by atomic mass is 10.1. The summed E-state index contributed by atoms with van der Waals surface area (Å²) in [5, 5.41) is 3.13. The molecular formula is C15H23N3O. The smallest absolute Gasteiger partial charge is 0.188 e. The molecule has 0 aromatic heterocycles. The monoisotopic (exact) mass is 261 g/mol. The Morgan fingerprint density at radius 2 is 2.26 bits per heavy atom. The molecule has 0 spiro atoms. The van der Waals surface area contributed by atoms with E-state index in [4.69, 9.17) is 10.5 Å². The third kappa shape index (κ3) is 4.16. The number of hydrogen-bond donors (Lipinski definition) is 2. The van der Waals surface area contributed by atoms with E-state index < -0.39 is 0 Å². The molecule has 104 valence electrons. The van der Waals surface area contributed by atoms with Gasteiger partial charge in [0.1, 0.15) is 11.9 Å². The highest BCUT2D eigenvalue weighted by molar-refractivity contribution is 5.77. The third-order valence-electron chi connectivity index (χ3n) is 3.21. The summed E-state index contributed by atoms with van der Waals surface area (Å²) >= 11 is 0. The quantitative estimate of drug-likeness (QED) is 0.629. The molecule has 1 aromatic carbocycles. The molecule has 0 aliphatic carbocycles. The summed E-state index contributed by atoms with van der Waals surface area (Å²) < 4.78 is 5.81. The van der Waals surface area contributed by atoms with Crippen LogP contribution in [0.4, 0.5) is 0 Å². The second kappa shape index (κ2) is 6.45. The fourth-order valence-electron chi connectivity index (χ4n) is 2.10. The first-order valence-electron chi connectivity index (χ1n) is 6.93. The number of guanidine groups is 1. The van der Waals surface area contributed by atoms with Crippen molar-refractivity contribution in [3.8, 4) is 5.75 Å². The molecule has 19 heavy (non-hydrogen) atoms. The third-order valence-corrected chi connectivity index (χ3v) is 3.21. The van der Waals surface area contributed by atoms with Crippen molar-refractivity contribution in [1.29, 1.82) is 0 Å². The van der Waals surface area contributed by atoms with Gasteiger partial charge in [-0.3, -0.25) is 0 Å². The number of fused-ring (bicyclic) bond motifs is 1. The molecule has 4 heteroatoms. The van der Waals surface area contributed by atoms with Crippen molar-refractivity contribution in [2.24, 2.45) is 16.6 Å². The van der Waals surface area contributed by atoms with Crippen LogP contribution in [0.1, 0.15) is 25.8 Å². The van der Waals surface area contributed by atoms with Crippen LogP contribution in [0.15, 0.2) is 29.3 Å². The van der Waals surface area contributed by atoms with Gasteiger partial charge in [-0.15, -0.1) is 0 Å². The summed E-state index contributed by atoms with van der Waals surface area (Å²) in [4.78, 5) is 4.34. The van der Waals surface area contributed by atoms with Crippen LogP contribution in [-0.2, 0) is 6.42 Å². The van der Waals surface area contributed by atoms with Gasteiger partial charge in [0, 0.05) is 13.0 Å². The second-order valence-electron chi connectivity index (χ2n) is 5.39. The van der Waals surface area contributed by atoms with E-state index in [1.807, 2.05) is 18.2 Å². The van der Waals surface area contributed by atoms with Crippen LogP contribution >= 0.6 is 0 Å². The van der Waals surface area contributed by atoms with Crippen LogP contribution in [0.3, 0.4) is 0 Å². The number of aliphatic imine (C=N–C) groups is 1. The number of nitrogens with one attached hydrogen (secondary N) is 1. The summed E-state index contributed by atoms with van der Waals surface area (Å²) in [5.74, 6) is 2.17. The lowest BCUT2D eigenvalue weighted by molar-refractivity contribution is 0.242. The normalized spacial score (nSPS) is 18.3. The predicted molar refractivity (Wildman–Crippen MR) is 78.5 cm³/mol. The number of ether oxygens (including phenoxy) is 1. The van der Waals surface area contributed by atoms with Crippen LogP contribution in [0.25, 0.3) is 0 Å². The van der Waals surface area contributed by atoms with Gasteiger partial charge < -0.3 is 15.8 Å². The lowest BCUT2D eigenvalue weighted by Gasteiger charge is -2.10. The van der Waals surface area contributed by atoms with E-state index in [0.29, 0.717) is 18.4 Å². The maximum absolute atomic E-state index is 5.83. The van der Waals surface area contributed by atoms with Crippen molar-refractivity contribution < 1.29 is 4.74 Å². The van der Waals surface area contributed by atoms with Gasteiger partial charge in [0.2, 0.25) is 0 Å². The number of benzene rings is 1. The fraction of sp³-hybridized carbons (Fsp3) is 0.533. The first-order valence-corrected chi connectivity index (χ1v) is 6.93. The Bertz CT molecular complexity index is 418. The minimum Gasteiger partial charge on any atom is -0.488 e. The average Bonchev–Trinajstić information content (AvgIpc) is 2.78. The van der Waals surface area contributed by atoms with E-state index in [-0.39, 0.29) is 6.10 Å². The summed E-state index contributed by atoms with van der Waals surface area (Å²) in [6.07, 6.45) is 2.13. The highest BCUT2D eigenvalue weighted by Gasteiger charge is 2.21. The minimum atomic E-state index is 0.114. The summed E-state index contributed by atoms with van der Waals surface area (Å²) in [7, 11) is 0. The van der Waals surface area contributed by atoms with Gasteiger partial charge in [-0.2, -0.15) is 0 Å². The molecule has 3 N–H and O–H groups in total. The van der Waals surface area contributed by atoms with E-state index in [1.54, 1.807) is 0 Å². The Balaban J connectivity index is 1.74. The van der Waals surface area contributed by atoms with Crippen molar-refractivity contribution in [3.63, 3.8) is 0 Å². The molecular weight excluding hydrogens is 238 g/mol. The molecule has 4 nitrogen and oxygen atoms in total.